The monoisotopic (exact) mass is 283 g/mol. The molecule has 1 N–H and O–H groups in total. The van der Waals surface area contributed by atoms with Crippen LogP contribution in [0, 0.1) is 15.2 Å². The van der Waals surface area contributed by atoms with E-state index in [9.17, 15) is 13.6 Å². The topological polar surface area (TPSA) is 29.1 Å². The van der Waals surface area contributed by atoms with Gasteiger partial charge in [0.05, 0.1) is 3.57 Å². The van der Waals surface area contributed by atoms with E-state index >= 15 is 0 Å². The molecule has 0 heterocycles. The number of anilines is 1. The van der Waals surface area contributed by atoms with Crippen LogP contribution >= 0.6 is 22.6 Å². The molecule has 0 unspecified atom stereocenters. The number of amides is 1. The van der Waals surface area contributed by atoms with Gasteiger partial charge >= 0.3 is 0 Å². The van der Waals surface area contributed by atoms with Crippen LogP contribution in [-0.4, -0.2) is 6.41 Å². The van der Waals surface area contributed by atoms with E-state index in [0.717, 1.165) is 12.1 Å². The Labute approximate surface area is 81.1 Å². The fourth-order valence-electron chi connectivity index (χ4n) is 0.707. The van der Waals surface area contributed by atoms with Crippen molar-refractivity contribution < 1.29 is 13.6 Å². The first-order valence-electron chi connectivity index (χ1n) is 3.00. The summed E-state index contributed by atoms with van der Waals surface area (Å²) in [6.07, 6.45) is 0.362. The molecule has 0 aliphatic rings. The Morgan fingerprint density at radius 2 is 1.83 bits per heavy atom. The molecular weight excluding hydrogens is 279 g/mol. The van der Waals surface area contributed by atoms with Gasteiger partial charge in [0.15, 0.2) is 0 Å². The van der Waals surface area contributed by atoms with Gasteiger partial charge in [0, 0.05) is 5.69 Å². The summed E-state index contributed by atoms with van der Waals surface area (Å²) in [5.41, 5.74) is 0.111. The Kier molecular flexibility index (Phi) is 2.96. The zero-order valence-electron chi connectivity index (χ0n) is 5.77. The van der Waals surface area contributed by atoms with Gasteiger partial charge in [-0.3, -0.25) is 4.79 Å². The second kappa shape index (κ2) is 3.79. The summed E-state index contributed by atoms with van der Waals surface area (Å²) in [5.74, 6) is -1.36. The fourth-order valence-corrected chi connectivity index (χ4v) is 1.02. The van der Waals surface area contributed by atoms with E-state index < -0.39 is 11.6 Å². The number of carbonyl (C=O) groups is 1. The molecule has 1 rings (SSSR count). The van der Waals surface area contributed by atoms with E-state index in [1.54, 1.807) is 22.6 Å². The maximum absolute atomic E-state index is 12.8. The first-order chi connectivity index (χ1) is 5.65. The lowest BCUT2D eigenvalue weighted by atomic mass is 10.3. The average molecular weight is 283 g/mol. The third-order valence-electron chi connectivity index (χ3n) is 1.21. The molecule has 0 fully saturated rings. The van der Waals surface area contributed by atoms with E-state index in [4.69, 9.17) is 0 Å². The van der Waals surface area contributed by atoms with Gasteiger partial charge in [0.2, 0.25) is 6.41 Å². The Hall–Kier alpha value is -0.720. The summed E-state index contributed by atoms with van der Waals surface area (Å²) in [4.78, 5) is 9.92. The van der Waals surface area contributed by atoms with Gasteiger partial charge in [-0.25, -0.2) is 8.78 Å². The lowest BCUT2D eigenvalue weighted by molar-refractivity contribution is -0.105. The van der Waals surface area contributed by atoms with Crippen molar-refractivity contribution >= 4 is 34.7 Å². The highest BCUT2D eigenvalue weighted by Gasteiger charge is 2.07. The number of nitrogens with one attached hydrogen (secondary N) is 1. The molecule has 0 saturated carbocycles. The largest absolute Gasteiger partial charge is 0.328 e. The highest BCUT2D eigenvalue weighted by molar-refractivity contribution is 14.1. The Morgan fingerprint density at radius 3 is 2.25 bits per heavy atom. The summed E-state index contributed by atoms with van der Waals surface area (Å²) in [7, 11) is 0. The number of benzene rings is 1. The first kappa shape index (κ1) is 9.37. The quantitative estimate of drug-likeness (QED) is 0.503. The molecule has 0 spiro atoms. The van der Waals surface area contributed by atoms with Crippen LogP contribution in [0.25, 0.3) is 0 Å². The molecule has 0 atom stereocenters. The van der Waals surface area contributed by atoms with Gasteiger partial charge in [-0.1, -0.05) is 0 Å². The Morgan fingerprint density at radius 1 is 1.33 bits per heavy atom. The molecule has 2 nitrogen and oxygen atoms in total. The van der Waals surface area contributed by atoms with Crippen LogP contribution in [0.4, 0.5) is 14.5 Å². The minimum Gasteiger partial charge on any atom is -0.328 e. The van der Waals surface area contributed by atoms with Crippen LogP contribution in [0.3, 0.4) is 0 Å². The SMILES string of the molecule is O=CNc1cc(F)c(I)c(F)c1. The summed E-state index contributed by atoms with van der Waals surface area (Å²) in [6, 6.07) is 2.11. The molecule has 0 aromatic heterocycles. The lowest BCUT2D eigenvalue weighted by Crippen LogP contribution is -1.97. The van der Waals surface area contributed by atoms with Crippen molar-refractivity contribution in [3.05, 3.63) is 27.3 Å². The van der Waals surface area contributed by atoms with Gasteiger partial charge in [-0.15, -0.1) is 0 Å². The van der Waals surface area contributed by atoms with Gasteiger partial charge in [0.25, 0.3) is 0 Å². The van der Waals surface area contributed by atoms with Crippen molar-refractivity contribution in [3.8, 4) is 0 Å². The highest BCUT2D eigenvalue weighted by atomic mass is 127. The van der Waals surface area contributed by atoms with Gasteiger partial charge in [0.1, 0.15) is 11.6 Å². The number of carbonyl (C=O) groups excluding carboxylic acids is 1. The molecular formula is C7H4F2INO. The summed E-state index contributed by atoms with van der Waals surface area (Å²) in [6.45, 7) is 0. The van der Waals surface area contributed by atoms with Crippen LogP contribution in [0.2, 0.25) is 0 Å². The van der Waals surface area contributed by atoms with Crippen LogP contribution in [-0.2, 0) is 4.79 Å². The summed E-state index contributed by atoms with van der Waals surface area (Å²) >= 11 is 1.55. The maximum Gasteiger partial charge on any atom is 0.211 e. The summed E-state index contributed by atoms with van der Waals surface area (Å²) < 4.78 is 25.4. The molecule has 12 heavy (non-hydrogen) atoms. The molecule has 0 radical (unpaired) electrons. The highest BCUT2D eigenvalue weighted by Crippen LogP contribution is 2.19. The predicted molar refractivity (Wildman–Crippen MR) is 48.8 cm³/mol. The molecule has 0 bridgehead atoms. The molecule has 1 aromatic rings. The van der Waals surface area contributed by atoms with E-state index in [1.165, 1.54) is 0 Å². The number of hydrogen-bond donors (Lipinski definition) is 1. The average Bonchev–Trinajstić information content (AvgIpc) is 2.01. The van der Waals surface area contributed by atoms with E-state index in [2.05, 4.69) is 5.32 Å². The molecule has 1 aromatic carbocycles. The van der Waals surface area contributed by atoms with Crippen molar-refractivity contribution in [3.63, 3.8) is 0 Å². The van der Waals surface area contributed by atoms with E-state index in [-0.39, 0.29) is 9.26 Å². The van der Waals surface area contributed by atoms with Gasteiger partial charge in [-0.2, -0.15) is 0 Å². The minimum atomic E-state index is -0.681. The number of rotatable bonds is 2. The Bertz CT molecular complexity index is 293. The normalized spacial score (nSPS) is 9.58. The van der Waals surface area contributed by atoms with Crippen LogP contribution in [0.5, 0.6) is 0 Å². The first-order valence-corrected chi connectivity index (χ1v) is 4.07. The van der Waals surface area contributed by atoms with Crippen molar-refractivity contribution in [1.29, 1.82) is 0 Å². The van der Waals surface area contributed by atoms with Crippen molar-refractivity contribution in [2.45, 2.75) is 0 Å². The second-order valence-electron chi connectivity index (χ2n) is 2.02. The zero-order chi connectivity index (χ0) is 9.14. The lowest BCUT2D eigenvalue weighted by Gasteiger charge is -2.01. The fraction of sp³-hybridized carbons (Fsp3) is 0. The van der Waals surface area contributed by atoms with Gasteiger partial charge < -0.3 is 5.32 Å². The predicted octanol–water partition coefficient (Wildman–Crippen LogP) is 2.14. The van der Waals surface area contributed by atoms with Crippen molar-refractivity contribution in [1.82, 2.24) is 0 Å². The smallest absolute Gasteiger partial charge is 0.211 e. The van der Waals surface area contributed by atoms with Gasteiger partial charge in [-0.05, 0) is 34.7 Å². The zero-order valence-corrected chi connectivity index (χ0v) is 7.93. The summed E-state index contributed by atoms with van der Waals surface area (Å²) in [5, 5.41) is 2.15. The number of hydrogen-bond acceptors (Lipinski definition) is 1. The van der Waals surface area contributed by atoms with Crippen LogP contribution < -0.4 is 5.32 Å². The molecule has 5 heteroatoms. The third kappa shape index (κ3) is 1.90. The minimum absolute atomic E-state index is 0.0796. The van der Waals surface area contributed by atoms with E-state index in [1.807, 2.05) is 0 Å². The second-order valence-corrected chi connectivity index (χ2v) is 3.09. The molecule has 0 aliphatic heterocycles. The molecule has 0 saturated heterocycles. The molecule has 0 aliphatic carbocycles. The van der Waals surface area contributed by atoms with Crippen LogP contribution in [0.15, 0.2) is 12.1 Å². The Balaban J connectivity index is 3.11. The van der Waals surface area contributed by atoms with E-state index in [0.29, 0.717) is 6.41 Å². The van der Waals surface area contributed by atoms with Crippen molar-refractivity contribution in [2.75, 3.05) is 5.32 Å². The third-order valence-corrected chi connectivity index (χ3v) is 2.24. The molecule has 64 valence electrons. The van der Waals surface area contributed by atoms with Crippen LogP contribution in [0.1, 0.15) is 0 Å². The number of halogens is 3. The molecule has 1 amide bonds. The standard InChI is InChI=1S/C7H4F2INO/c8-5-1-4(11-3-12)2-6(9)7(5)10/h1-3H,(H,11,12). The maximum atomic E-state index is 12.8. The van der Waals surface area contributed by atoms with Crippen molar-refractivity contribution in [2.24, 2.45) is 0 Å².